The largest absolute Gasteiger partial charge is 0.481 e. The lowest BCUT2D eigenvalue weighted by Crippen LogP contribution is -2.42. The van der Waals surface area contributed by atoms with Crippen molar-refractivity contribution in [1.29, 1.82) is 0 Å². The number of carboxylic acid groups (broad SMARTS) is 2. The highest BCUT2D eigenvalue weighted by atomic mass is 31.0. The summed E-state index contributed by atoms with van der Waals surface area (Å²) in [7, 11) is 2.11. The third-order valence-electron chi connectivity index (χ3n) is 1.20. The number of rotatable bonds is 5. The Morgan fingerprint density at radius 2 is 1.85 bits per heavy atom. The fourth-order valence-corrected chi connectivity index (χ4v) is 0.746. The van der Waals surface area contributed by atoms with Gasteiger partial charge in [-0.25, -0.2) is 4.79 Å². The first-order valence-electron chi connectivity index (χ1n) is 3.41. The van der Waals surface area contributed by atoms with Gasteiger partial charge >= 0.3 is 11.9 Å². The normalized spacial score (nSPS) is 11.8. The predicted molar refractivity (Wildman–Crippen MR) is 46.4 cm³/mol. The standard InChI is InChI=1S/C6H10NO5P/c8-4(2-13)7-3(6(11)12)1-5(9)10/h3H,1-2,13H2,(H,7,8)(H,9,10)(H,11,12)/t3-/m0/s1. The molecule has 0 aliphatic heterocycles. The van der Waals surface area contributed by atoms with Gasteiger partial charge in [-0.2, -0.15) is 0 Å². The van der Waals surface area contributed by atoms with Crippen molar-refractivity contribution >= 4 is 27.1 Å². The van der Waals surface area contributed by atoms with Gasteiger partial charge in [-0.15, -0.1) is 9.24 Å². The molecule has 0 aromatic carbocycles. The van der Waals surface area contributed by atoms with Gasteiger partial charge in [0.1, 0.15) is 6.04 Å². The zero-order valence-electron chi connectivity index (χ0n) is 6.69. The molecule has 0 aromatic rings. The first kappa shape index (κ1) is 11.8. The molecule has 0 saturated heterocycles. The lowest BCUT2D eigenvalue weighted by molar-refractivity contribution is -0.147. The summed E-state index contributed by atoms with van der Waals surface area (Å²) >= 11 is 0. The SMILES string of the molecule is O=C(O)C[C@H](NC(=O)CP)C(=O)O. The molecule has 0 fully saturated rings. The van der Waals surface area contributed by atoms with Crippen LogP contribution in [0.1, 0.15) is 6.42 Å². The Morgan fingerprint density at radius 1 is 1.31 bits per heavy atom. The van der Waals surface area contributed by atoms with Crippen molar-refractivity contribution in [2.75, 3.05) is 6.16 Å². The molecule has 0 bridgehead atoms. The third-order valence-corrected chi connectivity index (χ3v) is 1.57. The van der Waals surface area contributed by atoms with Crippen LogP contribution in [0.2, 0.25) is 0 Å². The van der Waals surface area contributed by atoms with Crippen LogP contribution in [-0.2, 0) is 14.4 Å². The van der Waals surface area contributed by atoms with Crippen LogP contribution in [0, 0.1) is 0 Å². The predicted octanol–water partition coefficient (Wildman–Crippen LogP) is -1.09. The van der Waals surface area contributed by atoms with Crippen LogP contribution in [0.25, 0.3) is 0 Å². The summed E-state index contributed by atoms with van der Waals surface area (Å²) in [5.41, 5.74) is 0. The molecule has 0 radical (unpaired) electrons. The molecule has 0 heterocycles. The van der Waals surface area contributed by atoms with Gasteiger partial charge in [0.2, 0.25) is 5.91 Å². The Labute approximate surface area is 76.5 Å². The number of carbonyl (C=O) groups excluding carboxylic acids is 1. The van der Waals surface area contributed by atoms with Gasteiger partial charge in [-0.3, -0.25) is 9.59 Å². The van der Waals surface area contributed by atoms with Crippen molar-refractivity contribution in [3.8, 4) is 0 Å². The van der Waals surface area contributed by atoms with Gasteiger partial charge in [0.05, 0.1) is 6.42 Å². The molecule has 0 aliphatic rings. The minimum absolute atomic E-state index is 0.0450. The van der Waals surface area contributed by atoms with Crippen molar-refractivity contribution < 1.29 is 24.6 Å². The molecule has 74 valence electrons. The van der Waals surface area contributed by atoms with Crippen molar-refractivity contribution in [2.45, 2.75) is 12.5 Å². The van der Waals surface area contributed by atoms with Gasteiger partial charge in [-0.05, 0) is 0 Å². The summed E-state index contributed by atoms with van der Waals surface area (Å²) in [6.45, 7) is 0. The lowest BCUT2D eigenvalue weighted by Gasteiger charge is -2.10. The van der Waals surface area contributed by atoms with Crippen LogP contribution in [0.4, 0.5) is 0 Å². The van der Waals surface area contributed by atoms with Gasteiger partial charge in [-0.1, -0.05) is 0 Å². The Bertz CT molecular complexity index is 229. The van der Waals surface area contributed by atoms with Crippen molar-refractivity contribution in [1.82, 2.24) is 5.32 Å². The summed E-state index contributed by atoms with van der Waals surface area (Å²) in [5, 5.41) is 18.8. The number of carbonyl (C=O) groups is 3. The lowest BCUT2D eigenvalue weighted by atomic mass is 10.2. The first-order chi connectivity index (χ1) is 5.97. The number of aliphatic carboxylic acids is 2. The maximum Gasteiger partial charge on any atom is 0.326 e. The van der Waals surface area contributed by atoms with E-state index in [4.69, 9.17) is 10.2 Å². The first-order valence-corrected chi connectivity index (χ1v) is 4.23. The smallest absolute Gasteiger partial charge is 0.326 e. The monoisotopic (exact) mass is 207 g/mol. The average Bonchev–Trinajstić information content (AvgIpc) is 2.02. The number of amides is 1. The number of hydrogen-bond donors (Lipinski definition) is 3. The second-order valence-corrected chi connectivity index (χ2v) is 2.67. The van der Waals surface area contributed by atoms with E-state index in [0.29, 0.717) is 0 Å². The number of carboxylic acids is 2. The molecule has 1 amide bonds. The molecule has 13 heavy (non-hydrogen) atoms. The minimum atomic E-state index is -1.36. The highest BCUT2D eigenvalue weighted by Gasteiger charge is 2.21. The van der Waals surface area contributed by atoms with E-state index in [2.05, 4.69) is 14.6 Å². The van der Waals surface area contributed by atoms with Crippen LogP contribution in [0.5, 0.6) is 0 Å². The van der Waals surface area contributed by atoms with Crippen molar-refractivity contribution in [2.24, 2.45) is 0 Å². The number of nitrogens with one attached hydrogen (secondary N) is 1. The molecule has 0 rings (SSSR count). The van der Waals surface area contributed by atoms with Gasteiger partial charge in [0.25, 0.3) is 0 Å². The topological polar surface area (TPSA) is 104 Å². The maximum atomic E-state index is 10.7. The molecule has 3 N–H and O–H groups in total. The Morgan fingerprint density at radius 3 is 2.15 bits per heavy atom. The number of hydrogen-bond acceptors (Lipinski definition) is 3. The van der Waals surface area contributed by atoms with E-state index < -0.39 is 30.3 Å². The summed E-state index contributed by atoms with van der Waals surface area (Å²) < 4.78 is 0. The Kier molecular flexibility index (Phi) is 4.99. The van der Waals surface area contributed by atoms with Crippen LogP contribution in [0.3, 0.4) is 0 Å². The van der Waals surface area contributed by atoms with Crippen molar-refractivity contribution in [3.63, 3.8) is 0 Å². The quantitative estimate of drug-likeness (QED) is 0.497. The molecule has 0 aliphatic carbocycles. The zero-order chi connectivity index (χ0) is 10.4. The van der Waals surface area contributed by atoms with E-state index >= 15 is 0 Å². The fraction of sp³-hybridized carbons (Fsp3) is 0.500. The van der Waals surface area contributed by atoms with Gasteiger partial charge < -0.3 is 15.5 Å². The Hall–Kier alpha value is -1.16. The Balaban J connectivity index is 4.18. The molecule has 0 saturated carbocycles. The molecule has 2 atom stereocenters. The second-order valence-electron chi connectivity index (χ2n) is 2.26. The van der Waals surface area contributed by atoms with Crippen LogP contribution < -0.4 is 5.32 Å². The van der Waals surface area contributed by atoms with Crippen molar-refractivity contribution in [3.05, 3.63) is 0 Å². The molecular formula is C6H10NO5P. The van der Waals surface area contributed by atoms with E-state index in [9.17, 15) is 14.4 Å². The molecular weight excluding hydrogens is 197 g/mol. The molecule has 6 nitrogen and oxygen atoms in total. The average molecular weight is 207 g/mol. The molecule has 7 heteroatoms. The van der Waals surface area contributed by atoms with Gasteiger partial charge in [0, 0.05) is 6.16 Å². The van der Waals surface area contributed by atoms with E-state index in [-0.39, 0.29) is 6.16 Å². The van der Waals surface area contributed by atoms with E-state index in [1.54, 1.807) is 0 Å². The molecule has 1 unspecified atom stereocenters. The highest BCUT2D eigenvalue weighted by molar-refractivity contribution is 7.18. The van der Waals surface area contributed by atoms with E-state index in [1.807, 2.05) is 0 Å². The maximum absolute atomic E-state index is 10.7. The highest BCUT2D eigenvalue weighted by Crippen LogP contribution is 1.93. The summed E-state index contributed by atoms with van der Waals surface area (Å²) in [4.78, 5) is 31.3. The summed E-state index contributed by atoms with van der Waals surface area (Å²) in [6, 6.07) is -1.36. The van der Waals surface area contributed by atoms with Gasteiger partial charge in [0.15, 0.2) is 0 Å². The summed E-state index contributed by atoms with van der Waals surface area (Å²) in [5.74, 6) is -3.13. The third kappa shape index (κ3) is 5.14. The van der Waals surface area contributed by atoms with Crippen LogP contribution in [0.15, 0.2) is 0 Å². The van der Waals surface area contributed by atoms with Crippen LogP contribution >= 0.6 is 9.24 Å². The van der Waals surface area contributed by atoms with Crippen LogP contribution in [-0.4, -0.2) is 40.3 Å². The molecule has 0 aromatic heterocycles. The summed E-state index contributed by atoms with van der Waals surface area (Å²) in [6.07, 6.45) is -0.574. The van der Waals surface area contributed by atoms with E-state index in [0.717, 1.165) is 0 Å². The minimum Gasteiger partial charge on any atom is -0.481 e. The zero-order valence-corrected chi connectivity index (χ0v) is 7.84. The molecule has 0 spiro atoms. The fourth-order valence-electron chi connectivity index (χ4n) is 0.628. The second kappa shape index (κ2) is 5.48. The van der Waals surface area contributed by atoms with E-state index in [1.165, 1.54) is 0 Å².